The zero-order valence-electron chi connectivity index (χ0n) is 23.7. The van der Waals surface area contributed by atoms with Gasteiger partial charge in [0.2, 0.25) is 5.91 Å². The highest BCUT2D eigenvalue weighted by molar-refractivity contribution is 14.1. The van der Waals surface area contributed by atoms with Crippen molar-refractivity contribution in [3.63, 3.8) is 0 Å². The molecular formula is C30H35IN8O2. The Hall–Kier alpha value is -3.84. The lowest BCUT2D eigenvalue weighted by Gasteiger charge is -2.23. The topological polar surface area (TPSA) is 122 Å². The number of hydrogen-bond donors (Lipinski definition) is 2. The number of pyridine rings is 1. The van der Waals surface area contributed by atoms with Gasteiger partial charge in [-0.25, -0.2) is 15.0 Å². The molecule has 0 aliphatic carbocycles. The first-order chi connectivity index (χ1) is 19.7. The van der Waals surface area contributed by atoms with Crippen molar-refractivity contribution in [2.24, 2.45) is 0 Å². The molecule has 10 nitrogen and oxygen atoms in total. The Labute approximate surface area is 253 Å². The van der Waals surface area contributed by atoms with Crippen LogP contribution in [-0.2, 0) is 11.2 Å². The van der Waals surface area contributed by atoms with Crippen LogP contribution in [0.4, 0.5) is 11.6 Å². The smallest absolute Gasteiger partial charge is 0.256 e. The highest BCUT2D eigenvalue weighted by atomic mass is 127. The third-order valence-corrected chi connectivity index (χ3v) is 7.98. The molecule has 3 aromatic heterocycles. The van der Waals surface area contributed by atoms with Gasteiger partial charge in [-0.2, -0.15) is 0 Å². The molecular weight excluding hydrogens is 631 g/mol. The zero-order valence-corrected chi connectivity index (χ0v) is 25.9. The second-order valence-electron chi connectivity index (χ2n) is 9.87. The molecule has 4 rings (SSSR count). The number of nitrogen functional groups attached to an aromatic ring is 1. The third kappa shape index (κ3) is 7.09. The van der Waals surface area contributed by atoms with Crippen molar-refractivity contribution in [3.8, 4) is 11.3 Å². The van der Waals surface area contributed by atoms with Crippen LogP contribution >= 0.6 is 22.6 Å². The van der Waals surface area contributed by atoms with Crippen LogP contribution in [0.1, 0.15) is 48.1 Å². The summed E-state index contributed by atoms with van der Waals surface area (Å²) < 4.78 is 2.74. The van der Waals surface area contributed by atoms with Gasteiger partial charge in [0.1, 0.15) is 28.7 Å². The van der Waals surface area contributed by atoms with E-state index in [2.05, 4.69) is 49.7 Å². The number of nitrogens with one attached hydrogen (secondary N) is 1. The van der Waals surface area contributed by atoms with Crippen LogP contribution in [0.2, 0.25) is 0 Å². The van der Waals surface area contributed by atoms with E-state index in [1.165, 1.54) is 0 Å². The fourth-order valence-corrected chi connectivity index (χ4v) is 4.68. The lowest BCUT2D eigenvalue weighted by Crippen LogP contribution is -2.29. The molecule has 1 aromatic carbocycles. The number of alkyl halides is 1. The predicted octanol–water partition coefficient (Wildman–Crippen LogP) is 4.98. The molecule has 1 atom stereocenters. The summed E-state index contributed by atoms with van der Waals surface area (Å²) in [4.78, 5) is 43.0. The number of imidazole rings is 1. The van der Waals surface area contributed by atoms with Gasteiger partial charge < -0.3 is 16.0 Å². The fourth-order valence-electron chi connectivity index (χ4n) is 4.40. The minimum atomic E-state index is -0.349. The van der Waals surface area contributed by atoms with Crippen molar-refractivity contribution < 1.29 is 9.59 Å². The van der Waals surface area contributed by atoms with E-state index in [-0.39, 0.29) is 17.9 Å². The first-order valence-electron chi connectivity index (χ1n) is 13.4. The summed E-state index contributed by atoms with van der Waals surface area (Å²) in [6, 6.07) is 10.7. The van der Waals surface area contributed by atoms with Gasteiger partial charge in [0.25, 0.3) is 5.91 Å². The first kappa shape index (κ1) is 30.1. The largest absolute Gasteiger partial charge is 0.382 e. The number of halogens is 1. The Balaban J connectivity index is 1.58. The second kappa shape index (κ2) is 13.7. The molecule has 0 aliphatic rings. The highest BCUT2D eigenvalue weighted by Gasteiger charge is 2.24. The van der Waals surface area contributed by atoms with Crippen molar-refractivity contribution in [1.82, 2.24) is 29.2 Å². The van der Waals surface area contributed by atoms with Crippen LogP contribution in [0.25, 0.3) is 16.8 Å². The van der Waals surface area contributed by atoms with E-state index < -0.39 is 0 Å². The molecule has 11 heteroatoms. The van der Waals surface area contributed by atoms with Crippen molar-refractivity contribution in [2.45, 2.75) is 32.7 Å². The van der Waals surface area contributed by atoms with Crippen LogP contribution in [0, 0.1) is 0 Å². The van der Waals surface area contributed by atoms with E-state index in [4.69, 9.17) is 10.7 Å². The number of benzene rings is 1. The molecule has 0 radical (unpaired) electrons. The molecule has 2 amide bonds. The van der Waals surface area contributed by atoms with Gasteiger partial charge in [0.15, 0.2) is 0 Å². The monoisotopic (exact) mass is 666 g/mol. The molecule has 3 N–H and O–H groups in total. The van der Waals surface area contributed by atoms with Crippen molar-refractivity contribution in [2.75, 3.05) is 36.2 Å². The van der Waals surface area contributed by atoms with Crippen molar-refractivity contribution in [3.05, 3.63) is 84.1 Å². The lowest BCUT2D eigenvalue weighted by atomic mass is 10.1. The maximum absolute atomic E-state index is 12.9. The van der Waals surface area contributed by atoms with E-state index in [1.807, 2.05) is 48.7 Å². The second-order valence-corrected chi connectivity index (χ2v) is 10.5. The summed E-state index contributed by atoms with van der Waals surface area (Å²) >= 11 is 2.28. The summed E-state index contributed by atoms with van der Waals surface area (Å²) in [5.74, 6) is 1.13. The van der Waals surface area contributed by atoms with Gasteiger partial charge in [-0.15, -0.1) is 0 Å². The molecule has 41 heavy (non-hydrogen) atoms. The minimum absolute atomic E-state index is 0.121. The number of likely N-dealkylation sites (N-methyl/N-ethyl adjacent to an activating group) is 2. The molecule has 214 valence electrons. The first-order valence-corrected chi connectivity index (χ1v) is 14.9. The summed E-state index contributed by atoms with van der Waals surface area (Å²) in [5, 5.41) is 2.88. The van der Waals surface area contributed by atoms with E-state index in [0.717, 1.165) is 28.5 Å². The maximum atomic E-state index is 12.9. The molecule has 0 spiro atoms. The molecule has 0 bridgehead atoms. The van der Waals surface area contributed by atoms with Gasteiger partial charge in [0, 0.05) is 49.4 Å². The van der Waals surface area contributed by atoms with Gasteiger partial charge in [-0.3, -0.25) is 18.9 Å². The van der Waals surface area contributed by atoms with Crippen molar-refractivity contribution in [1.29, 1.82) is 0 Å². The van der Waals surface area contributed by atoms with Crippen LogP contribution in [0.5, 0.6) is 0 Å². The zero-order chi connectivity index (χ0) is 29.5. The number of aryl methyl sites for hydroxylation is 1. The Bertz CT molecular complexity index is 1550. The average Bonchev–Trinajstić information content (AvgIpc) is 3.37. The van der Waals surface area contributed by atoms with E-state index >= 15 is 0 Å². The number of nitrogens with zero attached hydrogens (tertiary/aromatic N) is 6. The molecule has 0 unspecified atom stereocenters. The van der Waals surface area contributed by atoms with Crippen LogP contribution < -0.4 is 11.1 Å². The highest BCUT2D eigenvalue weighted by Crippen LogP contribution is 2.31. The van der Waals surface area contributed by atoms with Gasteiger partial charge in [0.05, 0.1) is 10.6 Å². The predicted molar refractivity (Wildman–Crippen MR) is 171 cm³/mol. The summed E-state index contributed by atoms with van der Waals surface area (Å²) in [5.41, 5.74) is 9.97. The molecule has 4 aromatic rings. The Kier molecular flexibility index (Phi) is 10.1. The number of rotatable bonds is 11. The Morgan fingerprint density at radius 1 is 1.15 bits per heavy atom. The number of anilines is 2. The van der Waals surface area contributed by atoms with Crippen LogP contribution in [0.3, 0.4) is 0 Å². The summed E-state index contributed by atoms with van der Waals surface area (Å²) in [7, 11) is 3.75. The van der Waals surface area contributed by atoms with Crippen LogP contribution in [0.15, 0.2) is 67.1 Å². The number of amides is 2. The molecule has 0 fully saturated rings. The molecule has 0 saturated heterocycles. The number of carbonyl (C=O) groups excluding carboxylic acids is 2. The van der Waals surface area contributed by atoms with Gasteiger partial charge in [-0.1, -0.05) is 54.1 Å². The van der Waals surface area contributed by atoms with E-state index in [9.17, 15) is 9.59 Å². The number of nitrogens with two attached hydrogens (primary N) is 1. The summed E-state index contributed by atoms with van der Waals surface area (Å²) in [6.45, 7) is 4.72. The quantitative estimate of drug-likeness (QED) is 0.100. The summed E-state index contributed by atoms with van der Waals surface area (Å²) in [6.07, 6.45) is 10.5. The number of aromatic nitrogens is 4. The normalized spacial score (nSPS) is 12.2. The lowest BCUT2D eigenvalue weighted by molar-refractivity contribution is -0.126. The van der Waals surface area contributed by atoms with E-state index in [0.29, 0.717) is 40.8 Å². The standard InChI is InChI=1S/C30H35IN8O2/c1-5-7-21-13-14-33-24(18-21)35-30(41)23-11-9-22(10-12-23)26-27-28(32)34-15-17-39(27)29(36-26)20(2)38(4)25(40)8-6-16-37(3)19-31/h6,8-15,17-18,20H,5,7,16,19H2,1-4H3,(H2,32,34)(H,33,35,41)/b8-6+/t20-/m0/s1. The molecule has 3 heterocycles. The van der Waals surface area contributed by atoms with Gasteiger partial charge in [-0.05, 0) is 50.2 Å². The van der Waals surface area contributed by atoms with Gasteiger partial charge >= 0.3 is 0 Å². The maximum Gasteiger partial charge on any atom is 0.256 e. The molecule has 0 saturated carbocycles. The number of carbonyl (C=O) groups is 2. The van der Waals surface area contributed by atoms with E-state index in [1.54, 1.807) is 48.7 Å². The fraction of sp³-hybridized carbons (Fsp3) is 0.300. The van der Waals surface area contributed by atoms with Crippen LogP contribution in [-0.4, -0.2) is 66.2 Å². The number of hydrogen-bond acceptors (Lipinski definition) is 7. The van der Waals surface area contributed by atoms with Crippen molar-refractivity contribution >= 4 is 51.6 Å². The minimum Gasteiger partial charge on any atom is -0.382 e. The molecule has 0 aliphatic heterocycles. The number of fused-ring (bicyclic) bond motifs is 1. The third-order valence-electron chi connectivity index (χ3n) is 6.82. The Morgan fingerprint density at radius 3 is 2.61 bits per heavy atom. The average molecular weight is 667 g/mol. The Morgan fingerprint density at radius 2 is 1.90 bits per heavy atom. The SMILES string of the molecule is CCCc1ccnc(NC(=O)c2ccc(-c3nc([C@H](C)N(C)C(=O)/C=C/CN(C)CI)n4ccnc(N)c34)cc2)c1.